The molecule has 168 valence electrons. The number of halogens is 1. The van der Waals surface area contributed by atoms with Crippen LogP contribution in [0.15, 0.2) is 70.4 Å². The Labute approximate surface area is 184 Å². The summed E-state index contributed by atoms with van der Waals surface area (Å²) in [5.41, 5.74) is 1.82. The molecule has 0 fully saturated rings. The fourth-order valence-electron chi connectivity index (χ4n) is 3.05. The number of nitrogens with one attached hydrogen (secondary N) is 1. The maximum Gasteiger partial charge on any atom is 0.266 e. The first kappa shape index (κ1) is 23.3. The van der Waals surface area contributed by atoms with E-state index in [0.29, 0.717) is 30.6 Å². The molecule has 0 spiro atoms. The van der Waals surface area contributed by atoms with Crippen molar-refractivity contribution in [3.8, 4) is 11.3 Å². The fraction of sp³-hybridized carbons (Fsp3) is 0.227. The van der Waals surface area contributed by atoms with Crippen molar-refractivity contribution in [3.63, 3.8) is 0 Å². The zero-order valence-corrected chi connectivity index (χ0v) is 18.0. The maximum absolute atomic E-state index is 13.1. The van der Waals surface area contributed by atoms with Crippen LogP contribution in [-0.4, -0.2) is 30.7 Å². The number of benzene rings is 2. The van der Waals surface area contributed by atoms with E-state index in [2.05, 4.69) is 10.4 Å². The first-order valence-corrected chi connectivity index (χ1v) is 11.5. The van der Waals surface area contributed by atoms with Crippen molar-refractivity contribution in [1.82, 2.24) is 15.1 Å². The zero-order valence-electron chi connectivity index (χ0n) is 17.2. The minimum Gasteiger partial charge on any atom is -0.356 e. The highest BCUT2D eigenvalue weighted by atomic mass is 32.2. The maximum atomic E-state index is 13.1. The molecular weight excluding hydrogens is 435 g/mol. The van der Waals surface area contributed by atoms with Crippen molar-refractivity contribution in [2.45, 2.75) is 30.7 Å². The van der Waals surface area contributed by atoms with E-state index in [1.165, 1.54) is 35.0 Å². The molecule has 3 N–H and O–H groups in total. The third-order valence-electron chi connectivity index (χ3n) is 4.77. The number of hydrogen-bond donors (Lipinski definition) is 2. The zero-order chi connectivity index (χ0) is 23.1. The van der Waals surface area contributed by atoms with Crippen molar-refractivity contribution in [1.29, 1.82) is 0 Å². The number of hydrogen-bond acceptors (Lipinski definition) is 5. The summed E-state index contributed by atoms with van der Waals surface area (Å²) in [4.78, 5) is 24.1. The van der Waals surface area contributed by atoms with Crippen LogP contribution in [0.25, 0.3) is 11.3 Å². The molecule has 10 heteroatoms. The number of nitrogens with zero attached hydrogens (tertiary/aromatic N) is 2. The second-order valence-corrected chi connectivity index (χ2v) is 8.74. The summed E-state index contributed by atoms with van der Waals surface area (Å²) < 4.78 is 36.9. The summed E-state index contributed by atoms with van der Waals surface area (Å²) in [6, 6.07) is 15.0. The van der Waals surface area contributed by atoms with Crippen molar-refractivity contribution < 1.29 is 17.6 Å². The largest absolute Gasteiger partial charge is 0.356 e. The predicted octanol–water partition coefficient (Wildman–Crippen LogP) is 1.84. The van der Waals surface area contributed by atoms with Gasteiger partial charge in [0.25, 0.3) is 5.56 Å². The molecule has 1 amide bonds. The smallest absolute Gasteiger partial charge is 0.266 e. The van der Waals surface area contributed by atoms with E-state index in [9.17, 15) is 22.4 Å². The molecule has 0 saturated heterocycles. The highest BCUT2D eigenvalue weighted by molar-refractivity contribution is 7.89. The van der Waals surface area contributed by atoms with Gasteiger partial charge in [0.15, 0.2) is 0 Å². The van der Waals surface area contributed by atoms with Crippen molar-refractivity contribution in [2.24, 2.45) is 5.14 Å². The number of amides is 1. The highest BCUT2D eigenvalue weighted by Gasteiger charge is 2.08. The van der Waals surface area contributed by atoms with Gasteiger partial charge in [0, 0.05) is 31.1 Å². The second kappa shape index (κ2) is 10.3. The monoisotopic (exact) mass is 458 g/mol. The summed E-state index contributed by atoms with van der Waals surface area (Å²) >= 11 is 0. The Morgan fingerprint density at radius 2 is 1.72 bits per heavy atom. The molecule has 3 aromatic rings. The van der Waals surface area contributed by atoms with Crippen LogP contribution in [0.1, 0.15) is 18.4 Å². The quantitative estimate of drug-likeness (QED) is 0.506. The van der Waals surface area contributed by atoms with E-state index in [-0.39, 0.29) is 35.1 Å². The van der Waals surface area contributed by atoms with E-state index in [0.717, 1.165) is 5.56 Å². The minimum atomic E-state index is -3.72. The molecular formula is C22H23FN4O4S. The number of aromatic nitrogens is 2. The predicted molar refractivity (Wildman–Crippen MR) is 118 cm³/mol. The number of carbonyl (C=O) groups excluding carboxylic acids is 1. The molecule has 0 aliphatic rings. The first-order valence-electron chi connectivity index (χ1n) is 9.95. The molecule has 0 unspecified atom stereocenters. The molecule has 0 radical (unpaired) electrons. The lowest BCUT2D eigenvalue weighted by Crippen LogP contribution is -2.27. The van der Waals surface area contributed by atoms with Gasteiger partial charge in [-0.05, 0) is 60.9 Å². The molecule has 0 aliphatic carbocycles. The molecule has 8 nitrogen and oxygen atoms in total. The summed E-state index contributed by atoms with van der Waals surface area (Å²) in [5, 5.41) is 12.2. The van der Waals surface area contributed by atoms with Gasteiger partial charge in [-0.15, -0.1) is 0 Å². The van der Waals surface area contributed by atoms with Crippen LogP contribution in [0.5, 0.6) is 0 Å². The van der Waals surface area contributed by atoms with E-state index >= 15 is 0 Å². The van der Waals surface area contributed by atoms with Gasteiger partial charge in [0.2, 0.25) is 15.9 Å². The molecule has 0 bridgehead atoms. The van der Waals surface area contributed by atoms with Crippen molar-refractivity contribution in [3.05, 3.63) is 82.4 Å². The van der Waals surface area contributed by atoms with Crippen molar-refractivity contribution >= 4 is 15.9 Å². The molecule has 3 rings (SSSR count). The molecule has 0 atom stereocenters. The molecule has 0 saturated carbocycles. The third-order valence-corrected chi connectivity index (χ3v) is 5.70. The van der Waals surface area contributed by atoms with Gasteiger partial charge in [0.05, 0.1) is 10.6 Å². The minimum absolute atomic E-state index is 0.0395. The fourth-order valence-corrected chi connectivity index (χ4v) is 3.57. The molecule has 2 aromatic carbocycles. The lowest BCUT2D eigenvalue weighted by molar-refractivity contribution is -0.121. The molecule has 0 aliphatic heterocycles. The second-order valence-electron chi connectivity index (χ2n) is 7.18. The SMILES string of the molecule is NS(=O)(=O)c1ccc(CCNC(=O)CCCn2nc(-c3ccc(F)cc3)ccc2=O)cc1. The number of primary sulfonamides is 1. The first-order chi connectivity index (χ1) is 15.2. The Kier molecular flexibility index (Phi) is 7.49. The Morgan fingerprint density at radius 1 is 1.03 bits per heavy atom. The van der Waals surface area contributed by atoms with Crippen LogP contribution < -0.4 is 16.0 Å². The number of aryl methyl sites for hydroxylation is 1. The van der Waals surface area contributed by atoms with Gasteiger partial charge in [-0.2, -0.15) is 5.10 Å². The van der Waals surface area contributed by atoms with Gasteiger partial charge >= 0.3 is 0 Å². The van der Waals surface area contributed by atoms with E-state index in [1.54, 1.807) is 30.3 Å². The van der Waals surface area contributed by atoms with Gasteiger partial charge in [0.1, 0.15) is 5.82 Å². The Hall–Kier alpha value is -3.37. The molecule has 1 heterocycles. The number of carbonyl (C=O) groups is 1. The highest BCUT2D eigenvalue weighted by Crippen LogP contribution is 2.15. The molecule has 1 aromatic heterocycles. The number of sulfonamides is 1. The van der Waals surface area contributed by atoms with Gasteiger partial charge < -0.3 is 5.32 Å². The molecule has 32 heavy (non-hydrogen) atoms. The third kappa shape index (κ3) is 6.56. The normalized spacial score (nSPS) is 11.3. The average Bonchev–Trinajstić information content (AvgIpc) is 2.75. The van der Waals surface area contributed by atoms with Crippen LogP contribution in [-0.2, 0) is 27.8 Å². The van der Waals surface area contributed by atoms with Gasteiger partial charge in [-0.3, -0.25) is 9.59 Å². The van der Waals surface area contributed by atoms with Crippen LogP contribution in [0.2, 0.25) is 0 Å². The van der Waals surface area contributed by atoms with E-state index in [1.807, 2.05) is 0 Å². The summed E-state index contributed by atoms with van der Waals surface area (Å²) in [7, 11) is -3.72. The van der Waals surface area contributed by atoms with E-state index in [4.69, 9.17) is 5.14 Å². The summed E-state index contributed by atoms with van der Waals surface area (Å²) in [6.45, 7) is 0.669. The van der Waals surface area contributed by atoms with E-state index < -0.39 is 10.0 Å². The topological polar surface area (TPSA) is 124 Å². The van der Waals surface area contributed by atoms with Crippen molar-refractivity contribution in [2.75, 3.05) is 6.54 Å². The number of nitrogens with two attached hydrogens (primary N) is 1. The Bertz CT molecular complexity index is 1240. The van der Waals surface area contributed by atoms with Crippen LogP contribution in [0.3, 0.4) is 0 Å². The van der Waals surface area contributed by atoms with Crippen LogP contribution in [0, 0.1) is 5.82 Å². The van der Waals surface area contributed by atoms with Gasteiger partial charge in [-0.1, -0.05) is 12.1 Å². The van der Waals surface area contributed by atoms with Crippen LogP contribution in [0.4, 0.5) is 4.39 Å². The van der Waals surface area contributed by atoms with Gasteiger partial charge in [-0.25, -0.2) is 22.6 Å². The standard InChI is InChI=1S/C22H23FN4O4S/c23-18-7-5-17(6-8-18)20-11-12-22(29)27(26-20)15-1-2-21(28)25-14-13-16-3-9-19(10-4-16)32(24,30)31/h3-12H,1-2,13-15H2,(H,25,28)(H2,24,30,31). The summed E-state index contributed by atoms with van der Waals surface area (Å²) in [6.07, 6.45) is 1.19. The number of rotatable bonds is 9. The average molecular weight is 459 g/mol. The lowest BCUT2D eigenvalue weighted by Gasteiger charge is -2.08. The lowest BCUT2D eigenvalue weighted by atomic mass is 10.1. The summed E-state index contributed by atoms with van der Waals surface area (Å²) in [5.74, 6) is -0.512. The Morgan fingerprint density at radius 3 is 2.38 bits per heavy atom. The van der Waals surface area contributed by atoms with Crippen LogP contribution >= 0.6 is 0 Å². The Balaban J connectivity index is 1.46.